The van der Waals surface area contributed by atoms with Gasteiger partial charge in [-0.25, -0.2) is 0 Å². The average molecular weight is 245 g/mol. The lowest BCUT2D eigenvalue weighted by Crippen LogP contribution is -1.81. The van der Waals surface area contributed by atoms with Crippen LogP contribution in [0.25, 0.3) is 5.65 Å². The third kappa shape index (κ3) is 0.880. The summed E-state index contributed by atoms with van der Waals surface area (Å²) in [5, 5.41) is 7.64. The molecule has 0 saturated heterocycles. The van der Waals surface area contributed by atoms with Crippen molar-refractivity contribution in [3.63, 3.8) is 0 Å². The van der Waals surface area contributed by atoms with Crippen LogP contribution in [0.15, 0.2) is 24.7 Å². The smallest absolute Gasteiger partial charge is 0.161 e. The van der Waals surface area contributed by atoms with Gasteiger partial charge in [-0.2, -0.15) is 0 Å². The van der Waals surface area contributed by atoms with Crippen LogP contribution in [0.5, 0.6) is 0 Å². The van der Waals surface area contributed by atoms with Crippen molar-refractivity contribution in [3.8, 4) is 0 Å². The van der Waals surface area contributed by atoms with Gasteiger partial charge in [0.1, 0.15) is 6.33 Å². The van der Waals surface area contributed by atoms with Gasteiger partial charge in [-0.05, 0) is 34.7 Å². The van der Waals surface area contributed by atoms with Crippen LogP contribution in [0.2, 0.25) is 0 Å². The summed E-state index contributed by atoms with van der Waals surface area (Å²) in [4.78, 5) is 0. The summed E-state index contributed by atoms with van der Waals surface area (Å²) in [7, 11) is 0. The fourth-order valence-corrected chi connectivity index (χ4v) is 1.23. The molecule has 0 aromatic carbocycles. The Morgan fingerprint density at radius 2 is 2.40 bits per heavy atom. The van der Waals surface area contributed by atoms with Gasteiger partial charge in [0.15, 0.2) is 5.65 Å². The Bertz CT molecular complexity index is 355. The van der Waals surface area contributed by atoms with Crippen LogP contribution in [0.3, 0.4) is 0 Å². The third-order valence-electron chi connectivity index (χ3n) is 1.26. The molecule has 0 spiro atoms. The number of nitrogens with zero attached hydrogens (tertiary/aromatic N) is 3. The average Bonchev–Trinajstić information content (AvgIpc) is 2.33. The van der Waals surface area contributed by atoms with Gasteiger partial charge >= 0.3 is 0 Å². The molecule has 2 aromatic heterocycles. The third-order valence-corrected chi connectivity index (χ3v) is 1.93. The second-order valence-corrected chi connectivity index (χ2v) is 3.19. The molecule has 0 saturated carbocycles. The summed E-state index contributed by atoms with van der Waals surface area (Å²) in [6.45, 7) is 0. The Morgan fingerprint density at radius 1 is 1.50 bits per heavy atom. The lowest BCUT2D eigenvalue weighted by atomic mass is 10.5. The summed E-state index contributed by atoms with van der Waals surface area (Å²) in [6, 6.07) is 3.99. The minimum Gasteiger partial charge on any atom is -0.289 e. The molecule has 0 N–H and O–H groups in total. The van der Waals surface area contributed by atoms with Crippen LogP contribution < -0.4 is 0 Å². The first-order valence-electron chi connectivity index (χ1n) is 2.81. The molecule has 0 unspecified atom stereocenters. The highest BCUT2D eigenvalue weighted by Crippen LogP contribution is 2.05. The van der Waals surface area contributed by atoms with Crippen LogP contribution in [0.4, 0.5) is 0 Å². The second kappa shape index (κ2) is 2.19. The lowest BCUT2D eigenvalue weighted by Gasteiger charge is -1.89. The zero-order valence-electron chi connectivity index (χ0n) is 5.03. The van der Waals surface area contributed by atoms with E-state index < -0.39 is 0 Å². The van der Waals surface area contributed by atoms with E-state index in [1.807, 2.05) is 22.7 Å². The number of rotatable bonds is 0. The molecular weight excluding hydrogens is 241 g/mol. The van der Waals surface area contributed by atoms with Crippen LogP contribution in [-0.2, 0) is 0 Å². The summed E-state index contributed by atoms with van der Waals surface area (Å²) in [5.41, 5.74) is 0.895. The van der Waals surface area contributed by atoms with Gasteiger partial charge in [0.25, 0.3) is 0 Å². The van der Waals surface area contributed by atoms with Crippen LogP contribution in [0, 0.1) is 3.57 Å². The largest absolute Gasteiger partial charge is 0.289 e. The van der Waals surface area contributed by atoms with Crippen molar-refractivity contribution in [2.45, 2.75) is 0 Å². The summed E-state index contributed by atoms with van der Waals surface area (Å²) >= 11 is 2.24. The molecule has 2 heterocycles. The molecule has 0 fully saturated rings. The molecule has 0 bridgehead atoms. The minimum absolute atomic E-state index is 0.895. The number of halogens is 1. The fraction of sp³-hybridized carbons (Fsp3) is 0. The van der Waals surface area contributed by atoms with Crippen molar-refractivity contribution in [1.82, 2.24) is 14.6 Å². The molecule has 0 aliphatic carbocycles. The first-order valence-corrected chi connectivity index (χ1v) is 3.89. The molecule has 0 amide bonds. The maximum absolute atomic E-state index is 3.89. The monoisotopic (exact) mass is 245 g/mol. The first kappa shape index (κ1) is 6.09. The van der Waals surface area contributed by atoms with Crippen molar-refractivity contribution in [2.24, 2.45) is 0 Å². The quantitative estimate of drug-likeness (QED) is 0.655. The van der Waals surface area contributed by atoms with Gasteiger partial charge in [0, 0.05) is 9.77 Å². The van der Waals surface area contributed by atoms with Gasteiger partial charge < -0.3 is 0 Å². The summed E-state index contributed by atoms with van der Waals surface area (Å²) < 4.78 is 3.06. The fourth-order valence-electron chi connectivity index (χ4n) is 0.793. The van der Waals surface area contributed by atoms with E-state index in [0.717, 1.165) is 5.65 Å². The van der Waals surface area contributed by atoms with E-state index in [2.05, 4.69) is 32.8 Å². The van der Waals surface area contributed by atoms with Gasteiger partial charge in [-0.3, -0.25) is 4.40 Å². The van der Waals surface area contributed by atoms with E-state index in [1.165, 1.54) is 3.57 Å². The zero-order valence-corrected chi connectivity index (χ0v) is 7.19. The Hall–Kier alpha value is -0.650. The first-order chi connectivity index (χ1) is 4.86. The Kier molecular flexibility index (Phi) is 1.33. The van der Waals surface area contributed by atoms with Crippen LogP contribution in [0.1, 0.15) is 0 Å². The van der Waals surface area contributed by atoms with Crippen LogP contribution in [-0.4, -0.2) is 14.6 Å². The van der Waals surface area contributed by atoms with E-state index in [0.29, 0.717) is 0 Å². The standard InChI is InChI=1S/C6H4IN3/c7-5-1-2-10-4-8-9-6(10)3-5/h1-4H. The van der Waals surface area contributed by atoms with Crippen molar-refractivity contribution >= 4 is 28.2 Å². The van der Waals surface area contributed by atoms with Crippen molar-refractivity contribution in [1.29, 1.82) is 0 Å². The SMILES string of the molecule is Ic1ccn2cnnc2c1. The maximum Gasteiger partial charge on any atom is 0.161 e. The van der Waals surface area contributed by atoms with Crippen molar-refractivity contribution in [3.05, 3.63) is 28.2 Å². The van der Waals surface area contributed by atoms with Crippen LogP contribution >= 0.6 is 22.6 Å². The highest BCUT2D eigenvalue weighted by Gasteiger charge is 1.92. The predicted octanol–water partition coefficient (Wildman–Crippen LogP) is 1.33. The van der Waals surface area contributed by atoms with Gasteiger partial charge in [0.05, 0.1) is 0 Å². The molecule has 0 aliphatic rings. The van der Waals surface area contributed by atoms with E-state index in [4.69, 9.17) is 0 Å². The number of hydrogen-bond donors (Lipinski definition) is 0. The number of pyridine rings is 1. The highest BCUT2D eigenvalue weighted by atomic mass is 127. The molecule has 2 aromatic rings. The Morgan fingerprint density at radius 3 is 3.30 bits per heavy atom. The zero-order chi connectivity index (χ0) is 6.97. The maximum atomic E-state index is 3.89. The molecule has 3 nitrogen and oxygen atoms in total. The Balaban J connectivity index is 2.86. The Labute approximate surface area is 71.2 Å². The number of hydrogen-bond acceptors (Lipinski definition) is 2. The second-order valence-electron chi connectivity index (χ2n) is 1.94. The minimum atomic E-state index is 0.895. The highest BCUT2D eigenvalue weighted by molar-refractivity contribution is 14.1. The van der Waals surface area contributed by atoms with Gasteiger partial charge in [-0.1, -0.05) is 0 Å². The topological polar surface area (TPSA) is 30.2 Å². The predicted molar refractivity (Wildman–Crippen MR) is 45.7 cm³/mol. The van der Waals surface area contributed by atoms with E-state index >= 15 is 0 Å². The molecule has 0 radical (unpaired) electrons. The van der Waals surface area contributed by atoms with E-state index in [-0.39, 0.29) is 0 Å². The molecule has 0 atom stereocenters. The number of fused-ring (bicyclic) bond motifs is 1. The summed E-state index contributed by atoms with van der Waals surface area (Å²) in [6.07, 6.45) is 3.63. The molecule has 10 heavy (non-hydrogen) atoms. The molecule has 50 valence electrons. The molecule has 4 heteroatoms. The van der Waals surface area contributed by atoms with Gasteiger partial charge in [0.2, 0.25) is 0 Å². The van der Waals surface area contributed by atoms with Gasteiger partial charge in [-0.15, -0.1) is 10.2 Å². The molecular formula is C6H4IN3. The normalized spacial score (nSPS) is 10.5. The van der Waals surface area contributed by atoms with Crippen molar-refractivity contribution in [2.75, 3.05) is 0 Å². The lowest BCUT2D eigenvalue weighted by molar-refractivity contribution is 1.10. The molecule has 2 rings (SSSR count). The van der Waals surface area contributed by atoms with E-state index in [1.54, 1.807) is 6.33 Å². The molecule has 0 aliphatic heterocycles. The number of aromatic nitrogens is 3. The van der Waals surface area contributed by atoms with Crippen molar-refractivity contribution < 1.29 is 0 Å². The summed E-state index contributed by atoms with van der Waals surface area (Å²) in [5.74, 6) is 0. The van der Waals surface area contributed by atoms with E-state index in [9.17, 15) is 0 Å².